The molecule has 0 aromatic carbocycles. The van der Waals surface area contributed by atoms with Crippen LogP contribution in [0.1, 0.15) is 27.2 Å². The first kappa shape index (κ1) is 10.9. The van der Waals surface area contributed by atoms with Crippen molar-refractivity contribution in [3.63, 3.8) is 0 Å². The number of hydrogen-bond acceptors (Lipinski definition) is 1. The molecule has 0 bridgehead atoms. The molecule has 0 radical (unpaired) electrons. The zero-order valence-electron chi connectivity index (χ0n) is 7.77. The van der Waals surface area contributed by atoms with E-state index >= 15 is 0 Å². The maximum absolute atomic E-state index is 11.0. The maximum Gasteiger partial charge on any atom is 1.00 e. The summed E-state index contributed by atoms with van der Waals surface area (Å²) in [6.45, 7) is 6.18. The quantitative estimate of drug-likeness (QED) is 0.384. The number of allylic oxidation sites excluding steroid dienone is 3. The monoisotopic (exact) mass is 144 g/mol. The normalized spacial score (nSPS) is 21.4. The first-order valence-electron chi connectivity index (χ1n) is 3.57. The molecule has 0 aromatic heterocycles. The van der Waals surface area contributed by atoms with Gasteiger partial charge in [-0.2, -0.15) is 0 Å². The minimum absolute atomic E-state index is 0. The van der Waals surface area contributed by atoms with Crippen LogP contribution in [0.5, 0.6) is 0 Å². The third-order valence-electron chi connectivity index (χ3n) is 1.66. The Hall–Kier alpha value is -0.123. The zero-order valence-corrected chi connectivity index (χ0v) is 7.77. The summed E-state index contributed by atoms with van der Waals surface area (Å²) >= 11 is 0. The van der Waals surface area contributed by atoms with Gasteiger partial charge in [-0.15, -0.1) is 5.76 Å². The molecule has 0 N–H and O–H groups in total. The summed E-state index contributed by atoms with van der Waals surface area (Å²) in [5, 5.41) is 11.0. The van der Waals surface area contributed by atoms with Gasteiger partial charge >= 0.3 is 18.9 Å². The largest absolute Gasteiger partial charge is 1.00 e. The average Bonchev–Trinajstić information content (AvgIpc) is 1.54. The summed E-state index contributed by atoms with van der Waals surface area (Å²) in [4.78, 5) is 0. The Labute approximate surface area is 80.4 Å². The van der Waals surface area contributed by atoms with Crippen molar-refractivity contribution in [1.29, 1.82) is 0 Å². The molecule has 0 aromatic rings. The van der Waals surface area contributed by atoms with Crippen molar-refractivity contribution in [2.24, 2.45) is 5.41 Å². The Morgan fingerprint density at radius 2 is 2.00 bits per heavy atom. The van der Waals surface area contributed by atoms with Gasteiger partial charge in [-0.25, -0.2) is 0 Å². The van der Waals surface area contributed by atoms with Gasteiger partial charge in [-0.1, -0.05) is 31.6 Å². The van der Waals surface area contributed by atoms with Gasteiger partial charge in [0.1, 0.15) is 0 Å². The van der Waals surface area contributed by atoms with Crippen molar-refractivity contribution in [3.05, 3.63) is 23.5 Å². The van der Waals surface area contributed by atoms with E-state index in [9.17, 15) is 5.11 Å². The minimum atomic E-state index is 0. The standard InChI is InChI=1S/C9H14O.Li/c1-7-4-8(10)6-9(2,3)5-7;/h4,6,10H,5H2,1-3H3;/q;+1/p-1. The summed E-state index contributed by atoms with van der Waals surface area (Å²) in [7, 11) is 0. The molecular weight excluding hydrogens is 131 g/mol. The molecule has 0 atom stereocenters. The summed E-state index contributed by atoms with van der Waals surface area (Å²) in [5.74, 6) is 0.161. The van der Waals surface area contributed by atoms with E-state index in [1.54, 1.807) is 12.2 Å². The van der Waals surface area contributed by atoms with E-state index in [0.717, 1.165) is 6.42 Å². The summed E-state index contributed by atoms with van der Waals surface area (Å²) < 4.78 is 0. The Bertz CT molecular complexity index is 202. The minimum Gasteiger partial charge on any atom is -0.873 e. The summed E-state index contributed by atoms with van der Waals surface area (Å²) in [6, 6.07) is 0. The first-order chi connectivity index (χ1) is 4.49. The molecule has 0 unspecified atom stereocenters. The van der Waals surface area contributed by atoms with Crippen LogP contribution in [-0.2, 0) is 0 Å². The molecule has 0 aliphatic heterocycles. The average molecular weight is 144 g/mol. The SMILES string of the molecule is CC1=CC([O-])=CC(C)(C)C1.[Li+]. The van der Waals surface area contributed by atoms with Crippen LogP contribution in [0.25, 0.3) is 0 Å². The zero-order chi connectivity index (χ0) is 7.78. The maximum atomic E-state index is 11.0. The van der Waals surface area contributed by atoms with Crippen LogP contribution >= 0.6 is 0 Å². The molecular formula is C9H13LiO. The second-order valence-electron chi connectivity index (χ2n) is 3.70. The van der Waals surface area contributed by atoms with E-state index in [0.29, 0.717) is 0 Å². The molecule has 0 saturated carbocycles. The molecule has 0 amide bonds. The fourth-order valence-corrected chi connectivity index (χ4v) is 1.49. The van der Waals surface area contributed by atoms with Crippen LogP contribution < -0.4 is 24.0 Å². The van der Waals surface area contributed by atoms with Crippen LogP contribution in [0.4, 0.5) is 0 Å². The Morgan fingerprint density at radius 3 is 2.36 bits per heavy atom. The van der Waals surface area contributed by atoms with Crippen LogP contribution in [0, 0.1) is 5.41 Å². The Balaban J connectivity index is 0.000001000. The molecule has 56 valence electrons. The van der Waals surface area contributed by atoms with Crippen molar-refractivity contribution >= 4 is 0 Å². The van der Waals surface area contributed by atoms with Crippen LogP contribution in [0.15, 0.2) is 23.5 Å². The van der Waals surface area contributed by atoms with Crippen molar-refractivity contribution in [3.8, 4) is 0 Å². The third-order valence-corrected chi connectivity index (χ3v) is 1.66. The second kappa shape index (κ2) is 3.52. The van der Waals surface area contributed by atoms with Crippen molar-refractivity contribution in [2.45, 2.75) is 27.2 Å². The Morgan fingerprint density at radius 1 is 1.45 bits per heavy atom. The van der Waals surface area contributed by atoms with E-state index in [4.69, 9.17) is 0 Å². The molecule has 2 heteroatoms. The van der Waals surface area contributed by atoms with E-state index in [-0.39, 0.29) is 30.0 Å². The second-order valence-corrected chi connectivity index (χ2v) is 3.70. The summed E-state index contributed by atoms with van der Waals surface area (Å²) in [5.41, 5.74) is 1.27. The fourth-order valence-electron chi connectivity index (χ4n) is 1.49. The van der Waals surface area contributed by atoms with Gasteiger partial charge in [-0.3, -0.25) is 0 Å². The van der Waals surface area contributed by atoms with Crippen molar-refractivity contribution in [2.75, 3.05) is 0 Å². The molecule has 11 heavy (non-hydrogen) atoms. The van der Waals surface area contributed by atoms with Gasteiger partial charge in [0.2, 0.25) is 0 Å². The van der Waals surface area contributed by atoms with Gasteiger partial charge in [0.25, 0.3) is 0 Å². The van der Waals surface area contributed by atoms with E-state index in [2.05, 4.69) is 13.8 Å². The smallest absolute Gasteiger partial charge is 0.873 e. The van der Waals surface area contributed by atoms with Gasteiger partial charge < -0.3 is 5.11 Å². The molecule has 0 spiro atoms. The summed E-state index contributed by atoms with van der Waals surface area (Å²) in [6.07, 6.45) is 4.52. The molecule has 1 aliphatic carbocycles. The molecule has 0 saturated heterocycles. The van der Waals surface area contributed by atoms with E-state index in [1.165, 1.54) is 5.57 Å². The number of rotatable bonds is 0. The molecule has 1 rings (SSSR count). The van der Waals surface area contributed by atoms with E-state index in [1.807, 2.05) is 6.92 Å². The van der Waals surface area contributed by atoms with Gasteiger partial charge in [0, 0.05) is 0 Å². The third kappa shape index (κ3) is 3.18. The molecule has 1 nitrogen and oxygen atoms in total. The predicted molar refractivity (Wildman–Crippen MR) is 40.2 cm³/mol. The molecule has 0 heterocycles. The van der Waals surface area contributed by atoms with Crippen LogP contribution in [0.3, 0.4) is 0 Å². The first-order valence-corrected chi connectivity index (χ1v) is 3.57. The van der Waals surface area contributed by atoms with Crippen molar-refractivity contribution < 1.29 is 24.0 Å². The van der Waals surface area contributed by atoms with E-state index < -0.39 is 0 Å². The van der Waals surface area contributed by atoms with Gasteiger partial charge in [-0.05, 0) is 18.8 Å². The topological polar surface area (TPSA) is 23.1 Å². The molecule has 0 fully saturated rings. The van der Waals surface area contributed by atoms with Gasteiger partial charge in [0.05, 0.1) is 0 Å². The van der Waals surface area contributed by atoms with Crippen molar-refractivity contribution in [1.82, 2.24) is 0 Å². The van der Waals surface area contributed by atoms with Crippen LogP contribution in [-0.4, -0.2) is 0 Å². The number of hydrogen-bond donors (Lipinski definition) is 0. The van der Waals surface area contributed by atoms with Gasteiger partial charge in [0.15, 0.2) is 0 Å². The Kier molecular flexibility index (Phi) is 3.48. The predicted octanol–water partition coefficient (Wildman–Crippen LogP) is -1.39. The fraction of sp³-hybridized carbons (Fsp3) is 0.556. The molecule has 1 aliphatic rings. The van der Waals surface area contributed by atoms with Crippen LogP contribution in [0.2, 0.25) is 0 Å².